The number of carboxylic acids is 1. The van der Waals surface area contributed by atoms with E-state index in [-0.39, 0.29) is 12.6 Å². The lowest BCUT2D eigenvalue weighted by Gasteiger charge is -2.30. The Morgan fingerprint density at radius 1 is 1.40 bits per heavy atom. The minimum absolute atomic E-state index is 0.246. The molecule has 1 saturated heterocycles. The number of likely N-dealkylation sites (tertiary alicyclic amines) is 1. The van der Waals surface area contributed by atoms with Crippen LogP contribution in [0.3, 0.4) is 0 Å². The van der Waals surface area contributed by atoms with Gasteiger partial charge in [0.2, 0.25) is 0 Å². The molecular formula is C14H18N2O4. The first-order chi connectivity index (χ1) is 9.61. The molecule has 1 aromatic rings. The van der Waals surface area contributed by atoms with E-state index < -0.39 is 11.9 Å². The summed E-state index contributed by atoms with van der Waals surface area (Å²) < 4.78 is 5.17. The second-order valence-corrected chi connectivity index (χ2v) is 4.75. The molecule has 0 aliphatic carbocycles. The smallest absolute Gasteiger partial charge is 0.321 e. The van der Waals surface area contributed by atoms with E-state index in [1.807, 2.05) is 6.07 Å². The van der Waals surface area contributed by atoms with Crippen molar-refractivity contribution in [3.63, 3.8) is 0 Å². The van der Waals surface area contributed by atoms with E-state index in [0.29, 0.717) is 30.8 Å². The highest BCUT2D eigenvalue weighted by molar-refractivity contribution is 5.91. The standard InChI is InChI=1S/C14H18N2O4/c1-20-12-7-3-2-6-11(12)15-14(19)16-8-4-5-10(9-16)13(17)18/h2-3,6-7,10H,4-5,8-9H2,1H3,(H,15,19)(H,17,18)/t10-/m1/s1. The fraction of sp³-hybridized carbons (Fsp3) is 0.429. The first-order valence-electron chi connectivity index (χ1n) is 6.53. The number of urea groups is 1. The Labute approximate surface area is 117 Å². The van der Waals surface area contributed by atoms with Gasteiger partial charge in [-0.1, -0.05) is 12.1 Å². The lowest BCUT2D eigenvalue weighted by atomic mass is 9.99. The van der Waals surface area contributed by atoms with Gasteiger partial charge in [0.25, 0.3) is 0 Å². The van der Waals surface area contributed by atoms with Crippen molar-refractivity contribution in [2.24, 2.45) is 5.92 Å². The Hall–Kier alpha value is -2.24. The predicted molar refractivity (Wildman–Crippen MR) is 73.9 cm³/mol. The number of para-hydroxylation sites is 2. The Kier molecular flexibility index (Phi) is 4.45. The van der Waals surface area contributed by atoms with Crippen LogP contribution in [0.1, 0.15) is 12.8 Å². The largest absolute Gasteiger partial charge is 0.495 e. The molecule has 1 heterocycles. The number of rotatable bonds is 3. The number of carbonyl (C=O) groups excluding carboxylic acids is 1. The number of nitrogens with zero attached hydrogens (tertiary/aromatic N) is 1. The molecule has 0 spiro atoms. The average molecular weight is 278 g/mol. The van der Waals surface area contributed by atoms with Crippen LogP contribution in [0.2, 0.25) is 0 Å². The number of hydrogen-bond donors (Lipinski definition) is 2. The minimum Gasteiger partial charge on any atom is -0.495 e. The average Bonchev–Trinajstić information content (AvgIpc) is 2.48. The molecule has 6 nitrogen and oxygen atoms in total. The van der Waals surface area contributed by atoms with E-state index in [1.54, 1.807) is 18.2 Å². The number of nitrogens with one attached hydrogen (secondary N) is 1. The highest BCUT2D eigenvalue weighted by atomic mass is 16.5. The number of benzene rings is 1. The van der Waals surface area contributed by atoms with Gasteiger partial charge >= 0.3 is 12.0 Å². The Morgan fingerprint density at radius 2 is 2.15 bits per heavy atom. The topological polar surface area (TPSA) is 78.9 Å². The van der Waals surface area contributed by atoms with E-state index in [4.69, 9.17) is 9.84 Å². The van der Waals surface area contributed by atoms with Crippen LogP contribution in [0.25, 0.3) is 0 Å². The molecule has 2 amide bonds. The summed E-state index contributed by atoms with van der Waals surface area (Å²) in [6.45, 7) is 0.821. The number of amides is 2. The number of ether oxygens (including phenoxy) is 1. The molecule has 0 unspecified atom stereocenters. The number of methoxy groups -OCH3 is 1. The van der Waals surface area contributed by atoms with E-state index in [2.05, 4.69) is 5.32 Å². The van der Waals surface area contributed by atoms with Crippen LogP contribution in [0.15, 0.2) is 24.3 Å². The zero-order chi connectivity index (χ0) is 14.5. The molecule has 1 atom stereocenters. The number of aliphatic carboxylic acids is 1. The third-order valence-corrected chi connectivity index (χ3v) is 3.41. The van der Waals surface area contributed by atoms with Crippen molar-refractivity contribution in [3.8, 4) is 5.75 Å². The van der Waals surface area contributed by atoms with E-state index >= 15 is 0 Å². The highest BCUT2D eigenvalue weighted by Gasteiger charge is 2.28. The Balaban J connectivity index is 2.02. The molecule has 2 N–H and O–H groups in total. The van der Waals surface area contributed by atoms with Gasteiger partial charge in [0.1, 0.15) is 5.75 Å². The maximum atomic E-state index is 12.2. The lowest BCUT2D eigenvalue weighted by molar-refractivity contribution is -0.143. The second-order valence-electron chi connectivity index (χ2n) is 4.75. The first kappa shape index (κ1) is 14.2. The number of anilines is 1. The van der Waals surface area contributed by atoms with Crippen LogP contribution >= 0.6 is 0 Å². The maximum Gasteiger partial charge on any atom is 0.321 e. The van der Waals surface area contributed by atoms with Crippen LogP contribution < -0.4 is 10.1 Å². The molecular weight excluding hydrogens is 260 g/mol. The number of hydrogen-bond acceptors (Lipinski definition) is 3. The third-order valence-electron chi connectivity index (χ3n) is 3.41. The van der Waals surface area contributed by atoms with Crippen molar-refractivity contribution in [3.05, 3.63) is 24.3 Å². The molecule has 6 heteroatoms. The van der Waals surface area contributed by atoms with Gasteiger partial charge in [0.05, 0.1) is 18.7 Å². The summed E-state index contributed by atoms with van der Waals surface area (Å²) in [4.78, 5) is 24.7. The molecule has 2 rings (SSSR count). The minimum atomic E-state index is -0.847. The summed E-state index contributed by atoms with van der Waals surface area (Å²) in [5, 5.41) is 11.8. The second kappa shape index (κ2) is 6.27. The molecule has 0 bridgehead atoms. The quantitative estimate of drug-likeness (QED) is 0.886. The summed E-state index contributed by atoms with van der Waals surface area (Å²) in [6, 6.07) is 6.83. The van der Waals surface area contributed by atoms with Crippen LogP contribution in [-0.2, 0) is 4.79 Å². The van der Waals surface area contributed by atoms with Crippen LogP contribution in [0.5, 0.6) is 5.75 Å². The fourth-order valence-corrected chi connectivity index (χ4v) is 2.31. The van der Waals surface area contributed by atoms with Gasteiger partial charge in [-0.2, -0.15) is 0 Å². The molecule has 0 radical (unpaired) electrons. The molecule has 1 fully saturated rings. The maximum absolute atomic E-state index is 12.2. The SMILES string of the molecule is COc1ccccc1NC(=O)N1CCC[C@@H](C(=O)O)C1. The van der Waals surface area contributed by atoms with Gasteiger partial charge < -0.3 is 20.1 Å². The lowest BCUT2D eigenvalue weighted by Crippen LogP contribution is -2.44. The van der Waals surface area contributed by atoms with Crippen molar-refractivity contribution in [2.45, 2.75) is 12.8 Å². The Morgan fingerprint density at radius 3 is 2.85 bits per heavy atom. The third kappa shape index (κ3) is 3.20. The van der Waals surface area contributed by atoms with Gasteiger partial charge in [-0.15, -0.1) is 0 Å². The van der Waals surface area contributed by atoms with Crippen molar-refractivity contribution in [1.29, 1.82) is 0 Å². The van der Waals surface area contributed by atoms with Crippen LogP contribution in [0, 0.1) is 5.92 Å². The number of carboxylic acid groups (broad SMARTS) is 1. The van der Waals surface area contributed by atoms with Crippen molar-refractivity contribution >= 4 is 17.7 Å². The molecule has 108 valence electrons. The summed E-state index contributed by atoms with van der Waals surface area (Å²) in [7, 11) is 1.53. The normalized spacial score (nSPS) is 18.4. The van der Waals surface area contributed by atoms with Gasteiger partial charge in [0.15, 0.2) is 0 Å². The number of carbonyl (C=O) groups is 2. The summed E-state index contributed by atoms with van der Waals surface area (Å²) in [5.41, 5.74) is 0.581. The van der Waals surface area contributed by atoms with Crippen molar-refractivity contribution in [1.82, 2.24) is 4.90 Å². The van der Waals surface area contributed by atoms with E-state index in [0.717, 1.165) is 0 Å². The van der Waals surface area contributed by atoms with Crippen LogP contribution in [-0.4, -0.2) is 42.2 Å². The Bertz CT molecular complexity index is 504. The molecule has 1 aliphatic rings. The van der Waals surface area contributed by atoms with Crippen LogP contribution in [0.4, 0.5) is 10.5 Å². The van der Waals surface area contributed by atoms with Gasteiger partial charge in [0, 0.05) is 13.1 Å². The van der Waals surface area contributed by atoms with Gasteiger partial charge in [-0.25, -0.2) is 4.79 Å². The summed E-state index contributed by atoms with van der Waals surface area (Å²) in [5.74, 6) is -0.750. The molecule has 20 heavy (non-hydrogen) atoms. The van der Waals surface area contributed by atoms with E-state index in [9.17, 15) is 9.59 Å². The fourth-order valence-electron chi connectivity index (χ4n) is 2.31. The predicted octanol–water partition coefficient (Wildman–Crippen LogP) is 2.02. The molecule has 0 saturated carbocycles. The highest BCUT2D eigenvalue weighted by Crippen LogP contribution is 2.24. The van der Waals surface area contributed by atoms with Crippen molar-refractivity contribution in [2.75, 3.05) is 25.5 Å². The number of piperidine rings is 1. The summed E-state index contributed by atoms with van der Waals surface area (Å²) in [6.07, 6.45) is 1.32. The first-order valence-corrected chi connectivity index (χ1v) is 6.53. The zero-order valence-corrected chi connectivity index (χ0v) is 11.3. The molecule has 1 aromatic carbocycles. The monoisotopic (exact) mass is 278 g/mol. The summed E-state index contributed by atoms with van der Waals surface area (Å²) >= 11 is 0. The molecule has 1 aliphatic heterocycles. The van der Waals surface area contributed by atoms with Gasteiger partial charge in [-0.05, 0) is 25.0 Å². The van der Waals surface area contributed by atoms with E-state index in [1.165, 1.54) is 12.0 Å². The van der Waals surface area contributed by atoms with Crippen molar-refractivity contribution < 1.29 is 19.4 Å². The van der Waals surface area contributed by atoms with Gasteiger partial charge in [-0.3, -0.25) is 4.79 Å². The zero-order valence-electron chi connectivity index (χ0n) is 11.3. The molecule has 0 aromatic heterocycles.